The maximum Gasteiger partial charge on any atom is 0.156 e. The van der Waals surface area contributed by atoms with Crippen LogP contribution in [0.5, 0.6) is 5.75 Å². The minimum atomic E-state index is 0.343. The Morgan fingerprint density at radius 1 is 1.33 bits per heavy atom. The van der Waals surface area contributed by atoms with Crippen LogP contribution in [0.25, 0.3) is 0 Å². The fourth-order valence-electron chi connectivity index (χ4n) is 1.12. The van der Waals surface area contributed by atoms with Gasteiger partial charge in [-0.2, -0.15) is 0 Å². The van der Waals surface area contributed by atoms with Crippen molar-refractivity contribution >= 4 is 46.8 Å². The third-order valence-corrected chi connectivity index (χ3v) is 2.52. The summed E-state index contributed by atoms with van der Waals surface area (Å²) < 4.78 is 5.33. The summed E-state index contributed by atoms with van der Waals surface area (Å²) in [5.41, 5.74) is 3.14. The Hall–Kier alpha value is -0.680. The van der Waals surface area contributed by atoms with Gasteiger partial charge < -0.3 is 4.74 Å². The van der Waals surface area contributed by atoms with E-state index in [1.54, 1.807) is 12.1 Å². The third kappa shape index (κ3) is 4.90. The Kier molecular flexibility index (Phi) is 7.20. The quantitative estimate of drug-likeness (QED) is 0.274. The minimum absolute atomic E-state index is 0.343. The lowest BCUT2D eigenvalue weighted by molar-refractivity contribution is 0.100. The Labute approximate surface area is 121 Å². The molecule has 0 aliphatic heterocycles. The van der Waals surface area contributed by atoms with Gasteiger partial charge in [0.25, 0.3) is 0 Å². The molecule has 0 fully saturated rings. The predicted octanol–water partition coefficient (Wildman–Crippen LogP) is 3.81. The lowest BCUT2D eigenvalue weighted by Gasteiger charge is -2.09. The van der Waals surface area contributed by atoms with Crippen LogP contribution in [-0.4, -0.2) is 25.4 Å². The molecular formula is C11H13Cl3N2O2. The van der Waals surface area contributed by atoms with E-state index in [0.717, 1.165) is 0 Å². The Morgan fingerprint density at radius 2 is 2.00 bits per heavy atom. The molecule has 0 spiro atoms. The molecule has 0 unspecified atom stereocenters. The highest BCUT2D eigenvalue weighted by atomic mass is 35.5. The summed E-state index contributed by atoms with van der Waals surface area (Å²) in [5, 5.41) is 0.771. The van der Waals surface area contributed by atoms with Crippen LogP contribution in [0.2, 0.25) is 10.0 Å². The van der Waals surface area contributed by atoms with Gasteiger partial charge in [-0.1, -0.05) is 23.2 Å². The molecule has 0 atom stereocenters. The largest absolute Gasteiger partial charge is 0.489 e. The first-order valence-electron chi connectivity index (χ1n) is 5.26. The summed E-state index contributed by atoms with van der Waals surface area (Å²) in [6.07, 6.45) is 1.41. The fourth-order valence-corrected chi connectivity index (χ4v) is 1.78. The van der Waals surface area contributed by atoms with Crippen LogP contribution in [-0.2, 0) is 4.84 Å². The van der Waals surface area contributed by atoms with E-state index in [2.05, 4.69) is 10.5 Å². The van der Waals surface area contributed by atoms with Crippen LogP contribution in [0.4, 0.5) is 5.69 Å². The number of halogens is 3. The molecule has 0 aromatic heterocycles. The Balaban J connectivity index is 2.75. The number of hydrogen-bond donors (Lipinski definition) is 1. The highest BCUT2D eigenvalue weighted by molar-refractivity contribution is 6.37. The van der Waals surface area contributed by atoms with Crippen LogP contribution in [0.1, 0.15) is 6.92 Å². The molecule has 7 heteroatoms. The zero-order valence-corrected chi connectivity index (χ0v) is 12.0. The van der Waals surface area contributed by atoms with Gasteiger partial charge in [0, 0.05) is 0 Å². The van der Waals surface area contributed by atoms with Gasteiger partial charge >= 0.3 is 0 Å². The van der Waals surface area contributed by atoms with E-state index in [9.17, 15) is 0 Å². The highest BCUT2D eigenvalue weighted by Gasteiger charge is 2.09. The molecular weight excluding hydrogens is 298 g/mol. The number of nitrogens with one attached hydrogen (secondary N) is 1. The zero-order valence-electron chi connectivity index (χ0n) is 9.75. The molecule has 1 rings (SSSR count). The second-order valence-corrected chi connectivity index (χ2v) is 4.28. The highest BCUT2D eigenvalue weighted by Crippen LogP contribution is 2.36. The van der Waals surface area contributed by atoms with Crippen LogP contribution in [0, 0.1) is 0 Å². The molecule has 0 heterocycles. The predicted molar refractivity (Wildman–Crippen MR) is 75.6 cm³/mol. The number of ether oxygens (including phenoxy) is 1. The normalized spacial score (nSPS) is 10.9. The second kappa shape index (κ2) is 8.43. The van der Waals surface area contributed by atoms with Gasteiger partial charge in [0.15, 0.2) is 5.75 Å². The SMILES string of the molecule is CCONC=Nc1cc(Cl)c(OCCCl)c(Cl)c1. The third-order valence-electron chi connectivity index (χ3n) is 1.80. The van der Waals surface area contributed by atoms with E-state index in [1.165, 1.54) is 6.34 Å². The van der Waals surface area contributed by atoms with Crippen molar-refractivity contribution in [2.75, 3.05) is 19.1 Å². The van der Waals surface area contributed by atoms with Crippen molar-refractivity contribution in [3.05, 3.63) is 22.2 Å². The monoisotopic (exact) mass is 310 g/mol. The molecule has 0 amide bonds. The number of hydrogen-bond acceptors (Lipinski definition) is 3. The molecule has 0 saturated heterocycles. The molecule has 18 heavy (non-hydrogen) atoms. The molecule has 0 aliphatic rings. The number of benzene rings is 1. The van der Waals surface area contributed by atoms with Gasteiger partial charge in [-0.15, -0.1) is 11.6 Å². The van der Waals surface area contributed by atoms with Crippen molar-refractivity contribution in [3.8, 4) is 5.75 Å². The first-order chi connectivity index (χ1) is 8.69. The van der Waals surface area contributed by atoms with Crippen LogP contribution < -0.4 is 10.2 Å². The van der Waals surface area contributed by atoms with E-state index >= 15 is 0 Å². The van der Waals surface area contributed by atoms with Gasteiger partial charge in [-0.3, -0.25) is 10.3 Å². The standard InChI is InChI=1S/C11H13Cl3N2O2/c1-2-18-16-7-15-8-5-9(13)11(10(14)6-8)17-4-3-12/h5-7H,2-4H2,1H3,(H,15,16). The summed E-state index contributed by atoms with van der Waals surface area (Å²) in [4.78, 5) is 8.96. The van der Waals surface area contributed by atoms with E-state index in [4.69, 9.17) is 44.4 Å². The van der Waals surface area contributed by atoms with E-state index in [0.29, 0.717) is 40.6 Å². The van der Waals surface area contributed by atoms with E-state index < -0.39 is 0 Å². The maximum absolute atomic E-state index is 6.03. The average Bonchev–Trinajstić information content (AvgIpc) is 2.34. The summed E-state index contributed by atoms with van der Waals surface area (Å²) in [6, 6.07) is 3.28. The lowest BCUT2D eigenvalue weighted by atomic mass is 10.3. The number of alkyl halides is 1. The summed E-state index contributed by atoms with van der Waals surface area (Å²) in [5.74, 6) is 0.779. The van der Waals surface area contributed by atoms with Crippen LogP contribution in [0.3, 0.4) is 0 Å². The van der Waals surface area contributed by atoms with Crippen molar-refractivity contribution in [1.29, 1.82) is 0 Å². The first-order valence-corrected chi connectivity index (χ1v) is 6.55. The second-order valence-electron chi connectivity index (χ2n) is 3.09. The summed E-state index contributed by atoms with van der Waals surface area (Å²) >= 11 is 17.6. The number of rotatable bonds is 7. The van der Waals surface area contributed by atoms with Gasteiger partial charge in [0.05, 0.1) is 28.2 Å². The summed E-state index contributed by atoms with van der Waals surface area (Å²) in [6.45, 7) is 2.74. The lowest BCUT2D eigenvalue weighted by Crippen LogP contribution is -2.10. The topological polar surface area (TPSA) is 42.8 Å². The smallest absolute Gasteiger partial charge is 0.156 e. The van der Waals surface area contributed by atoms with Gasteiger partial charge in [-0.05, 0) is 19.1 Å². The van der Waals surface area contributed by atoms with Crippen molar-refractivity contribution in [1.82, 2.24) is 5.48 Å². The zero-order chi connectivity index (χ0) is 13.4. The van der Waals surface area contributed by atoms with Crippen molar-refractivity contribution in [2.45, 2.75) is 6.92 Å². The molecule has 0 aliphatic carbocycles. The van der Waals surface area contributed by atoms with Crippen molar-refractivity contribution < 1.29 is 9.57 Å². The Bertz CT molecular complexity index is 390. The van der Waals surface area contributed by atoms with Crippen LogP contribution in [0.15, 0.2) is 17.1 Å². The molecule has 1 N–H and O–H groups in total. The number of nitrogens with zero attached hydrogens (tertiary/aromatic N) is 1. The number of hydroxylamine groups is 1. The van der Waals surface area contributed by atoms with Crippen LogP contribution >= 0.6 is 34.8 Å². The first kappa shape index (κ1) is 15.4. The van der Waals surface area contributed by atoms with E-state index in [-0.39, 0.29) is 0 Å². The van der Waals surface area contributed by atoms with E-state index in [1.807, 2.05) is 6.92 Å². The van der Waals surface area contributed by atoms with Gasteiger partial charge in [0.1, 0.15) is 12.9 Å². The van der Waals surface area contributed by atoms with Crippen molar-refractivity contribution in [3.63, 3.8) is 0 Å². The molecule has 0 bridgehead atoms. The average molecular weight is 312 g/mol. The van der Waals surface area contributed by atoms with Crippen molar-refractivity contribution in [2.24, 2.45) is 4.99 Å². The fraction of sp³-hybridized carbons (Fsp3) is 0.364. The molecule has 0 radical (unpaired) electrons. The molecule has 1 aromatic rings. The minimum Gasteiger partial charge on any atom is -0.489 e. The van der Waals surface area contributed by atoms with Gasteiger partial charge in [0.2, 0.25) is 0 Å². The Morgan fingerprint density at radius 3 is 2.56 bits per heavy atom. The molecule has 1 aromatic carbocycles. The summed E-state index contributed by atoms with van der Waals surface area (Å²) in [7, 11) is 0. The molecule has 4 nitrogen and oxygen atoms in total. The number of aliphatic imine (C=N–C) groups is 1. The maximum atomic E-state index is 6.03. The molecule has 100 valence electrons. The van der Waals surface area contributed by atoms with Gasteiger partial charge in [-0.25, -0.2) is 4.99 Å². The molecule has 0 saturated carbocycles.